The minimum absolute atomic E-state index is 1.11. The van der Waals surface area contributed by atoms with Crippen molar-refractivity contribution in [2.24, 2.45) is 4.99 Å². The molecule has 0 unspecified atom stereocenters. The lowest BCUT2D eigenvalue weighted by Gasteiger charge is -1.77. The Hall–Kier alpha value is -0.810. The zero-order valence-electron chi connectivity index (χ0n) is 6.09. The van der Waals surface area contributed by atoms with Crippen molar-refractivity contribution >= 4 is 5.87 Å². The van der Waals surface area contributed by atoms with Crippen LogP contribution in [0.5, 0.6) is 0 Å². The van der Waals surface area contributed by atoms with Gasteiger partial charge in [-0.2, -0.15) is 0 Å². The Morgan fingerprint density at radius 3 is 2.89 bits per heavy atom. The topological polar surface area (TPSA) is 12.4 Å². The highest BCUT2D eigenvalue weighted by Crippen LogP contribution is 1.86. The van der Waals surface area contributed by atoms with Gasteiger partial charge in [-0.3, -0.25) is 0 Å². The SMILES string of the molecule is CC=C=NC=CCCC. The van der Waals surface area contributed by atoms with Crippen molar-refractivity contribution in [1.29, 1.82) is 0 Å². The molecule has 0 aromatic rings. The molecule has 9 heavy (non-hydrogen) atoms. The van der Waals surface area contributed by atoms with Crippen molar-refractivity contribution in [3.05, 3.63) is 18.4 Å². The third-order valence-corrected chi connectivity index (χ3v) is 0.839. The Morgan fingerprint density at radius 1 is 1.56 bits per heavy atom. The number of rotatable bonds is 3. The third-order valence-electron chi connectivity index (χ3n) is 0.839. The maximum absolute atomic E-state index is 3.84. The van der Waals surface area contributed by atoms with Gasteiger partial charge in [0.1, 0.15) is 0 Å². The van der Waals surface area contributed by atoms with E-state index in [1.54, 1.807) is 12.3 Å². The average Bonchev–Trinajstić information content (AvgIpc) is 1.89. The van der Waals surface area contributed by atoms with E-state index in [-0.39, 0.29) is 0 Å². The van der Waals surface area contributed by atoms with Gasteiger partial charge in [0, 0.05) is 6.20 Å². The molecule has 0 aliphatic heterocycles. The van der Waals surface area contributed by atoms with Crippen LogP contribution in [-0.2, 0) is 0 Å². The average molecular weight is 123 g/mol. The number of allylic oxidation sites excluding steroid dienone is 2. The Morgan fingerprint density at radius 2 is 2.33 bits per heavy atom. The van der Waals surface area contributed by atoms with Gasteiger partial charge < -0.3 is 0 Å². The number of hydrogen-bond donors (Lipinski definition) is 0. The molecule has 0 rings (SSSR count). The molecule has 1 nitrogen and oxygen atoms in total. The maximum Gasteiger partial charge on any atom is 0.0328 e. The second-order valence-corrected chi connectivity index (χ2v) is 1.72. The second-order valence-electron chi connectivity index (χ2n) is 1.72. The molecule has 0 atom stereocenters. The van der Waals surface area contributed by atoms with Crippen molar-refractivity contribution in [3.63, 3.8) is 0 Å². The zero-order valence-corrected chi connectivity index (χ0v) is 6.09. The van der Waals surface area contributed by atoms with Crippen LogP contribution in [0.1, 0.15) is 26.7 Å². The summed E-state index contributed by atoms with van der Waals surface area (Å²) in [5.41, 5.74) is 0. The summed E-state index contributed by atoms with van der Waals surface area (Å²) in [6, 6.07) is 0. The van der Waals surface area contributed by atoms with E-state index >= 15 is 0 Å². The van der Waals surface area contributed by atoms with Crippen LogP contribution in [-0.4, -0.2) is 5.87 Å². The van der Waals surface area contributed by atoms with Crippen LogP contribution in [0.25, 0.3) is 0 Å². The molecule has 0 N–H and O–H groups in total. The monoisotopic (exact) mass is 123 g/mol. The predicted octanol–water partition coefficient (Wildman–Crippen LogP) is 2.55. The lowest BCUT2D eigenvalue weighted by molar-refractivity contribution is 0.956. The number of aliphatic imine (C=N–C) groups is 1. The van der Waals surface area contributed by atoms with Gasteiger partial charge in [0.05, 0.1) is 0 Å². The minimum atomic E-state index is 1.11. The van der Waals surface area contributed by atoms with Crippen molar-refractivity contribution in [2.45, 2.75) is 26.7 Å². The van der Waals surface area contributed by atoms with E-state index in [1.807, 2.05) is 13.0 Å². The summed E-state index contributed by atoms with van der Waals surface area (Å²) in [6.07, 6.45) is 7.90. The molecular weight excluding hydrogens is 110 g/mol. The van der Waals surface area contributed by atoms with Crippen molar-refractivity contribution in [1.82, 2.24) is 0 Å². The van der Waals surface area contributed by atoms with Gasteiger partial charge in [0.15, 0.2) is 0 Å². The number of nitrogens with zero attached hydrogens (tertiary/aromatic N) is 1. The normalized spacial score (nSPS) is 9.11. The van der Waals surface area contributed by atoms with Gasteiger partial charge in [-0.1, -0.05) is 19.4 Å². The summed E-state index contributed by atoms with van der Waals surface area (Å²) in [7, 11) is 0. The van der Waals surface area contributed by atoms with Crippen LogP contribution >= 0.6 is 0 Å². The summed E-state index contributed by atoms with van der Waals surface area (Å²) in [5, 5.41) is 0. The van der Waals surface area contributed by atoms with Crippen LogP contribution in [0.2, 0.25) is 0 Å². The number of hydrogen-bond acceptors (Lipinski definition) is 1. The maximum atomic E-state index is 3.84. The van der Waals surface area contributed by atoms with E-state index < -0.39 is 0 Å². The molecule has 0 aromatic heterocycles. The summed E-state index contributed by atoms with van der Waals surface area (Å²) >= 11 is 0. The summed E-state index contributed by atoms with van der Waals surface area (Å²) in [4.78, 5) is 3.84. The first kappa shape index (κ1) is 8.19. The smallest absolute Gasteiger partial charge is 0.0328 e. The molecule has 0 saturated heterocycles. The summed E-state index contributed by atoms with van der Waals surface area (Å²) in [6.45, 7) is 4.04. The van der Waals surface area contributed by atoms with Crippen LogP contribution in [0.15, 0.2) is 23.3 Å². The minimum Gasteiger partial charge on any atom is -0.215 e. The molecule has 0 fully saturated rings. The predicted molar refractivity (Wildman–Crippen MR) is 41.7 cm³/mol. The molecule has 0 radical (unpaired) electrons. The van der Waals surface area contributed by atoms with Gasteiger partial charge in [-0.25, -0.2) is 4.99 Å². The quantitative estimate of drug-likeness (QED) is 0.511. The first-order valence-corrected chi connectivity index (χ1v) is 3.30. The fourth-order valence-corrected chi connectivity index (χ4v) is 0.411. The highest BCUT2D eigenvalue weighted by atomic mass is 14.6. The van der Waals surface area contributed by atoms with Crippen LogP contribution in [0.3, 0.4) is 0 Å². The molecule has 0 heterocycles. The van der Waals surface area contributed by atoms with Gasteiger partial charge in [-0.05, 0) is 25.3 Å². The molecule has 0 aliphatic rings. The zero-order chi connectivity index (χ0) is 6.95. The van der Waals surface area contributed by atoms with Crippen LogP contribution in [0.4, 0.5) is 0 Å². The molecule has 0 spiro atoms. The molecule has 1 heteroatoms. The Bertz CT molecular complexity index is 128. The van der Waals surface area contributed by atoms with Crippen LogP contribution < -0.4 is 0 Å². The highest BCUT2D eigenvalue weighted by Gasteiger charge is 1.67. The highest BCUT2D eigenvalue weighted by molar-refractivity contribution is 5.51. The van der Waals surface area contributed by atoms with Crippen LogP contribution in [0, 0.1) is 0 Å². The van der Waals surface area contributed by atoms with Crippen molar-refractivity contribution in [2.75, 3.05) is 0 Å². The van der Waals surface area contributed by atoms with E-state index in [1.165, 1.54) is 6.42 Å². The summed E-state index contributed by atoms with van der Waals surface area (Å²) < 4.78 is 0. The van der Waals surface area contributed by atoms with E-state index in [0.717, 1.165) is 6.42 Å². The fraction of sp³-hybridized carbons (Fsp3) is 0.500. The van der Waals surface area contributed by atoms with E-state index in [4.69, 9.17) is 0 Å². The first-order chi connectivity index (χ1) is 4.41. The van der Waals surface area contributed by atoms with Gasteiger partial charge >= 0.3 is 0 Å². The van der Waals surface area contributed by atoms with Crippen molar-refractivity contribution in [3.8, 4) is 0 Å². The molecule has 0 bridgehead atoms. The standard InChI is InChI=1S/C8H13N/c1-3-5-6-8-9-7-4-2/h4,6,8H,3,5H2,1-2H3. The van der Waals surface area contributed by atoms with E-state index in [2.05, 4.69) is 17.8 Å². The van der Waals surface area contributed by atoms with E-state index in [9.17, 15) is 0 Å². The largest absolute Gasteiger partial charge is 0.215 e. The fourth-order valence-electron chi connectivity index (χ4n) is 0.411. The lowest BCUT2D eigenvalue weighted by atomic mass is 10.3. The Labute approximate surface area is 56.8 Å². The second kappa shape index (κ2) is 7.19. The van der Waals surface area contributed by atoms with Gasteiger partial charge in [0.2, 0.25) is 0 Å². The molecule has 0 saturated carbocycles. The van der Waals surface area contributed by atoms with Gasteiger partial charge in [-0.15, -0.1) is 0 Å². The molecule has 50 valence electrons. The molecular formula is C8H13N. The third kappa shape index (κ3) is 7.19. The van der Waals surface area contributed by atoms with E-state index in [0.29, 0.717) is 0 Å². The lowest BCUT2D eigenvalue weighted by Crippen LogP contribution is -1.58. The molecule has 0 aliphatic carbocycles. The summed E-state index contributed by atoms with van der Waals surface area (Å²) in [5.74, 6) is 2.72. The number of unbranched alkanes of at least 4 members (excludes halogenated alkanes) is 1. The molecule has 0 aromatic carbocycles. The Balaban J connectivity index is 3.35. The molecule has 0 amide bonds. The first-order valence-electron chi connectivity index (χ1n) is 3.30. The van der Waals surface area contributed by atoms with Gasteiger partial charge in [0.25, 0.3) is 0 Å². The van der Waals surface area contributed by atoms with Crippen molar-refractivity contribution < 1.29 is 0 Å². The Kier molecular flexibility index (Phi) is 6.54.